The number of carbonyl (C=O) groups excluding carboxylic acids is 1. The first kappa shape index (κ1) is 11.7. The van der Waals surface area contributed by atoms with Crippen LogP contribution in [0.4, 0.5) is 0 Å². The van der Waals surface area contributed by atoms with Crippen molar-refractivity contribution in [2.45, 2.75) is 26.8 Å². The highest BCUT2D eigenvalue weighted by molar-refractivity contribution is 5.77. The number of aryl methyl sites for hydroxylation is 1. The number of hydrogen-bond acceptors (Lipinski definition) is 4. The van der Waals surface area contributed by atoms with E-state index in [4.69, 9.17) is 4.42 Å². The quantitative estimate of drug-likeness (QED) is 0.755. The van der Waals surface area contributed by atoms with Crippen molar-refractivity contribution < 1.29 is 9.21 Å². The molecule has 15 heavy (non-hydrogen) atoms. The van der Waals surface area contributed by atoms with Crippen LogP contribution in [0, 0.1) is 6.92 Å². The molecule has 0 aliphatic carbocycles. The van der Waals surface area contributed by atoms with Gasteiger partial charge in [0.2, 0.25) is 11.8 Å². The van der Waals surface area contributed by atoms with Gasteiger partial charge in [0.1, 0.15) is 5.76 Å². The van der Waals surface area contributed by atoms with Gasteiger partial charge in [-0.15, -0.1) is 0 Å². The molecule has 0 spiro atoms. The first-order valence-electron chi connectivity index (χ1n) is 5.06. The molecule has 1 amide bonds. The van der Waals surface area contributed by atoms with Gasteiger partial charge in [0.25, 0.3) is 0 Å². The average molecular weight is 211 g/mol. The Balaban J connectivity index is 2.36. The van der Waals surface area contributed by atoms with Gasteiger partial charge in [-0.1, -0.05) is 0 Å². The van der Waals surface area contributed by atoms with Crippen LogP contribution < -0.4 is 10.6 Å². The fourth-order valence-corrected chi connectivity index (χ4v) is 1.17. The summed E-state index contributed by atoms with van der Waals surface area (Å²) in [6, 6.07) is -0.0543. The lowest BCUT2D eigenvalue weighted by Gasteiger charge is -2.09. The van der Waals surface area contributed by atoms with Gasteiger partial charge < -0.3 is 9.73 Å². The van der Waals surface area contributed by atoms with Crippen molar-refractivity contribution in [3.05, 3.63) is 17.8 Å². The molecular weight excluding hydrogens is 194 g/mol. The van der Waals surface area contributed by atoms with Gasteiger partial charge >= 0.3 is 0 Å². The summed E-state index contributed by atoms with van der Waals surface area (Å²) in [4.78, 5) is 15.2. The van der Waals surface area contributed by atoms with E-state index >= 15 is 0 Å². The smallest absolute Gasteiger partial charge is 0.233 e. The molecule has 0 aliphatic heterocycles. The average Bonchev–Trinajstić information content (AvgIpc) is 2.62. The van der Waals surface area contributed by atoms with E-state index in [2.05, 4.69) is 15.6 Å². The van der Waals surface area contributed by atoms with Gasteiger partial charge in [-0.3, -0.25) is 10.1 Å². The highest BCUT2D eigenvalue weighted by Gasteiger charge is 2.11. The highest BCUT2D eigenvalue weighted by Crippen LogP contribution is 2.10. The summed E-state index contributed by atoms with van der Waals surface area (Å²) < 4.78 is 5.33. The molecule has 0 bridgehead atoms. The molecule has 0 aromatic carbocycles. The molecule has 1 atom stereocenters. The number of carbonyl (C=O) groups is 1. The molecule has 5 nitrogen and oxygen atoms in total. The van der Waals surface area contributed by atoms with Crippen molar-refractivity contribution in [2.75, 3.05) is 13.1 Å². The van der Waals surface area contributed by atoms with Crippen LogP contribution in [0.15, 0.2) is 10.6 Å². The topological polar surface area (TPSA) is 67.2 Å². The number of aromatic nitrogens is 1. The fourth-order valence-electron chi connectivity index (χ4n) is 1.17. The first-order valence-corrected chi connectivity index (χ1v) is 5.06. The number of nitrogens with one attached hydrogen (secondary N) is 2. The second kappa shape index (κ2) is 5.50. The zero-order valence-electron chi connectivity index (χ0n) is 9.33. The van der Waals surface area contributed by atoms with Gasteiger partial charge in [-0.2, -0.15) is 0 Å². The van der Waals surface area contributed by atoms with Crippen LogP contribution in [-0.4, -0.2) is 24.0 Å². The van der Waals surface area contributed by atoms with Crippen LogP contribution in [0.1, 0.15) is 31.5 Å². The number of nitrogens with zero attached hydrogens (tertiary/aromatic N) is 1. The van der Waals surface area contributed by atoms with E-state index in [1.807, 2.05) is 20.8 Å². The normalized spacial score (nSPS) is 12.5. The molecular formula is C10H17N3O2. The number of likely N-dealkylation sites (N-methyl/N-ethyl adjacent to an activating group) is 1. The van der Waals surface area contributed by atoms with E-state index in [0.29, 0.717) is 12.4 Å². The lowest BCUT2D eigenvalue weighted by molar-refractivity contribution is -0.120. The fraction of sp³-hybridized carbons (Fsp3) is 0.600. The molecule has 1 aromatic rings. The summed E-state index contributed by atoms with van der Waals surface area (Å²) in [5.41, 5.74) is 0. The summed E-state index contributed by atoms with van der Waals surface area (Å²) in [6.07, 6.45) is 1.67. The van der Waals surface area contributed by atoms with Crippen molar-refractivity contribution in [3.63, 3.8) is 0 Å². The largest absolute Gasteiger partial charge is 0.444 e. The minimum Gasteiger partial charge on any atom is -0.444 e. The predicted molar refractivity (Wildman–Crippen MR) is 56.3 cm³/mol. The number of rotatable bonds is 5. The van der Waals surface area contributed by atoms with E-state index < -0.39 is 0 Å². The molecule has 0 fully saturated rings. The van der Waals surface area contributed by atoms with Crippen molar-refractivity contribution in [1.82, 2.24) is 15.6 Å². The van der Waals surface area contributed by atoms with Crippen molar-refractivity contribution in [2.24, 2.45) is 0 Å². The Morgan fingerprint density at radius 2 is 2.40 bits per heavy atom. The summed E-state index contributed by atoms with van der Waals surface area (Å²) >= 11 is 0. The lowest BCUT2D eigenvalue weighted by Crippen LogP contribution is -2.34. The maximum Gasteiger partial charge on any atom is 0.233 e. The summed E-state index contributed by atoms with van der Waals surface area (Å²) in [5, 5.41) is 5.73. The Kier molecular flexibility index (Phi) is 4.30. The van der Waals surface area contributed by atoms with Crippen LogP contribution in [0.2, 0.25) is 0 Å². The molecule has 84 valence electrons. The van der Waals surface area contributed by atoms with Gasteiger partial charge in [0.15, 0.2) is 0 Å². The van der Waals surface area contributed by atoms with Gasteiger partial charge in [0.05, 0.1) is 18.8 Å². The molecule has 0 radical (unpaired) electrons. The zero-order chi connectivity index (χ0) is 11.3. The molecule has 0 aliphatic rings. The third-order valence-corrected chi connectivity index (χ3v) is 1.95. The van der Waals surface area contributed by atoms with Gasteiger partial charge in [0, 0.05) is 6.54 Å². The van der Waals surface area contributed by atoms with E-state index in [-0.39, 0.29) is 18.5 Å². The Hall–Kier alpha value is -1.36. The SMILES string of the molecule is CCNC(=O)CNC(C)c1ncc(C)o1. The Morgan fingerprint density at radius 3 is 2.93 bits per heavy atom. The lowest BCUT2D eigenvalue weighted by atomic mass is 10.3. The second-order valence-electron chi connectivity index (χ2n) is 3.37. The molecule has 1 aromatic heterocycles. The predicted octanol–water partition coefficient (Wildman–Crippen LogP) is 0.770. The third-order valence-electron chi connectivity index (χ3n) is 1.95. The maximum atomic E-state index is 11.2. The van der Waals surface area contributed by atoms with E-state index in [1.54, 1.807) is 6.20 Å². The van der Waals surface area contributed by atoms with Gasteiger partial charge in [-0.25, -0.2) is 4.98 Å². The number of hydrogen-bond donors (Lipinski definition) is 2. The highest BCUT2D eigenvalue weighted by atomic mass is 16.4. The van der Waals surface area contributed by atoms with Crippen LogP contribution in [0.25, 0.3) is 0 Å². The standard InChI is InChI=1S/C10H17N3O2/c1-4-11-9(14)6-12-8(3)10-13-5-7(2)15-10/h5,8,12H,4,6H2,1-3H3,(H,11,14). The van der Waals surface area contributed by atoms with Crippen LogP contribution in [-0.2, 0) is 4.79 Å². The maximum absolute atomic E-state index is 11.2. The van der Waals surface area contributed by atoms with E-state index in [1.165, 1.54) is 0 Å². The minimum atomic E-state index is -0.0543. The van der Waals surface area contributed by atoms with Crippen molar-refractivity contribution in [1.29, 1.82) is 0 Å². The minimum absolute atomic E-state index is 0.0207. The van der Waals surface area contributed by atoms with Crippen molar-refractivity contribution in [3.8, 4) is 0 Å². The molecule has 1 rings (SSSR count). The Labute approximate surface area is 89.3 Å². The summed E-state index contributed by atoms with van der Waals surface area (Å²) in [6.45, 7) is 6.56. The molecule has 1 heterocycles. The Bertz CT molecular complexity index is 322. The molecule has 1 unspecified atom stereocenters. The number of oxazole rings is 1. The van der Waals surface area contributed by atoms with Crippen molar-refractivity contribution >= 4 is 5.91 Å². The van der Waals surface area contributed by atoms with E-state index in [9.17, 15) is 4.79 Å². The summed E-state index contributed by atoms with van der Waals surface area (Å²) in [7, 11) is 0. The number of amides is 1. The van der Waals surface area contributed by atoms with Gasteiger partial charge in [-0.05, 0) is 20.8 Å². The van der Waals surface area contributed by atoms with Crippen LogP contribution in [0.5, 0.6) is 0 Å². The summed E-state index contributed by atoms with van der Waals surface area (Å²) in [5.74, 6) is 1.36. The monoisotopic (exact) mass is 211 g/mol. The zero-order valence-corrected chi connectivity index (χ0v) is 9.33. The second-order valence-corrected chi connectivity index (χ2v) is 3.37. The first-order chi connectivity index (χ1) is 7.13. The Morgan fingerprint density at radius 1 is 1.67 bits per heavy atom. The van der Waals surface area contributed by atoms with Crippen LogP contribution >= 0.6 is 0 Å². The van der Waals surface area contributed by atoms with Crippen LogP contribution in [0.3, 0.4) is 0 Å². The molecule has 0 saturated carbocycles. The molecule has 2 N–H and O–H groups in total. The molecule has 0 saturated heterocycles. The van der Waals surface area contributed by atoms with E-state index in [0.717, 1.165) is 5.76 Å². The third kappa shape index (κ3) is 3.71. The molecule has 5 heteroatoms.